The van der Waals surface area contributed by atoms with Crippen LogP contribution in [-0.2, 0) is 16.1 Å². The minimum Gasteiger partial charge on any atom is -0.475 e. The fourth-order valence-corrected chi connectivity index (χ4v) is 4.20. The van der Waals surface area contributed by atoms with E-state index < -0.39 is 18.0 Å². The molecule has 0 aromatic heterocycles. The van der Waals surface area contributed by atoms with E-state index in [-0.39, 0.29) is 17.3 Å². The van der Waals surface area contributed by atoms with Crippen LogP contribution in [0.25, 0.3) is 0 Å². The number of likely N-dealkylation sites (tertiary alicyclic amines) is 2. The van der Waals surface area contributed by atoms with Crippen LogP contribution in [0.15, 0.2) is 18.2 Å². The van der Waals surface area contributed by atoms with Gasteiger partial charge in [0.05, 0.1) is 0 Å². The third kappa shape index (κ3) is 5.90. The molecule has 0 radical (unpaired) electrons. The van der Waals surface area contributed by atoms with Gasteiger partial charge < -0.3 is 10.0 Å². The van der Waals surface area contributed by atoms with Crippen molar-refractivity contribution in [3.63, 3.8) is 0 Å². The third-order valence-electron chi connectivity index (χ3n) is 5.65. The molecule has 1 spiro atoms. The molecule has 1 atom stereocenters. The van der Waals surface area contributed by atoms with Crippen molar-refractivity contribution in [2.24, 2.45) is 0 Å². The second kappa shape index (κ2) is 9.72. The lowest BCUT2D eigenvalue weighted by Gasteiger charge is -2.37. The van der Waals surface area contributed by atoms with Crippen molar-refractivity contribution < 1.29 is 36.6 Å². The fourth-order valence-electron chi connectivity index (χ4n) is 4.20. The van der Waals surface area contributed by atoms with Gasteiger partial charge in [0, 0.05) is 37.2 Å². The number of amides is 1. The highest BCUT2D eigenvalue weighted by Crippen LogP contribution is 2.39. The number of halogens is 5. The van der Waals surface area contributed by atoms with Crippen LogP contribution in [0, 0.1) is 11.6 Å². The lowest BCUT2D eigenvalue weighted by Crippen LogP contribution is -2.46. The molecule has 168 valence electrons. The first-order chi connectivity index (χ1) is 14.0. The van der Waals surface area contributed by atoms with Gasteiger partial charge in [-0.3, -0.25) is 9.69 Å². The molecule has 1 N–H and O–H groups in total. The first kappa shape index (κ1) is 24.0. The molecule has 2 heterocycles. The van der Waals surface area contributed by atoms with E-state index in [2.05, 4.69) is 4.90 Å². The van der Waals surface area contributed by atoms with Crippen molar-refractivity contribution in [1.82, 2.24) is 9.80 Å². The van der Waals surface area contributed by atoms with Gasteiger partial charge in [-0.15, -0.1) is 0 Å². The molecule has 10 heteroatoms. The van der Waals surface area contributed by atoms with E-state index in [1.54, 1.807) is 0 Å². The summed E-state index contributed by atoms with van der Waals surface area (Å²) in [6.07, 6.45) is -0.590. The highest BCUT2D eigenvalue weighted by atomic mass is 19.4. The van der Waals surface area contributed by atoms with Crippen molar-refractivity contribution >= 4 is 11.9 Å². The van der Waals surface area contributed by atoms with Gasteiger partial charge in [0.15, 0.2) is 0 Å². The van der Waals surface area contributed by atoms with Crippen LogP contribution < -0.4 is 0 Å². The summed E-state index contributed by atoms with van der Waals surface area (Å²) >= 11 is 0. The topological polar surface area (TPSA) is 60.9 Å². The SMILES string of the molecule is CCN1C(=O)CCC12CCCN(Cc1cc(F)ccc1F)CC2.O=C(O)C(F)(F)F. The number of hydrogen-bond donors (Lipinski definition) is 1. The van der Waals surface area contributed by atoms with Crippen molar-refractivity contribution in [2.45, 2.75) is 57.3 Å². The molecular weight excluding hydrogens is 411 g/mol. The largest absolute Gasteiger partial charge is 0.490 e. The van der Waals surface area contributed by atoms with Crippen LogP contribution in [0.4, 0.5) is 22.0 Å². The molecule has 1 aromatic rings. The molecule has 0 saturated carbocycles. The Morgan fingerprint density at radius 1 is 1.17 bits per heavy atom. The Balaban J connectivity index is 0.000000396. The zero-order valence-electron chi connectivity index (χ0n) is 16.6. The lowest BCUT2D eigenvalue weighted by molar-refractivity contribution is -0.192. The van der Waals surface area contributed by atoms with Crippen LogP contribution >= 0.6 is 0 Å². The summed E-state index contributed by atoms with van der Waals surface area (Å²) in [4.78, 5) is 25.2. The zero-order valence-corrected chi connectivity index (χ0v) is 16.6. The number of carbonyl (C=O) groups excluding carboxylic acids is 1. The summed E-state index contributed by atoms with van der Waals surface area (Å²) in [5, 5.41) is 7.12. The Hall–Kier alpha value is -2.23. The first-order valence-electron chi connectivity index (χ1n) is 9.75. The number of carboxylic acids is 1. The molecule has 2 aliphatic heterocycles. The molecule has 2 fully saturated rings. The van der Waals surface area contributed by atoms with Crippen LogP contribution in [0.1, 0.15) is 44.6 Å². The fraction of sp³-hybridized carbons (Fsp3) is 0.600. The molecule has 5 nitrogen and oxygen atoms in total. The molecule has 1 aromatic carbocycles. The predicted octanol–water partition coefficient (Wildman–Crippen LogP) is 3.97. The minimum atomic E-state index is -5.08. The van der Waals surface area contributed by atoms with E-state index in [9.17, 15) is 26.7 Å². The quantitative estimate of drug-likeness (QED) is 0.729. The lowest BCUT2D eigenvalue weighted by atomic mass is 9.88. The van der Waals surface area contributed by atoms with E-state index >= 15 is 0 Å². The van der Waals surface area contributed by atoms with Gasteiger partial charge in [0.2, 0.25) is 5.91 Å². The summed E-state index contributed by atoms with van der Waals surface area (Å²) < 4.78 is 58.9. The number of rotatable bonds is 3. The second-order valence-electron chi connectivity index (χ2n) is 7.53. The molecule has 3 rings (SSSR count). The average Bonchev–Trinajstić information content (AvgIpc) is 2.83. The van der Waals surface area contributed by atoms with Gasteiger partial charge in [0.25, 0.3) is 0 Å². The van der Waals surface area contributed by atoms with Gasteiger partial charge in [-0.2, -0.15) is 13.2 Å². The highest BCUT2D eigenvalue weighted by molar-refractivity contribution is 5.79. The first-order valence-corrected chi connectivity index (χ1v) is 9.75. The Morgan fingerprint density at radius 2 is 1.83 bits per heavy atom. The number of benzene rings is 1. The Labute approximate surface area is 171 Å². The van der Waals surface area contributed by atoms with Crippen molar-refractivity contribution in [1.29, 1.82) is 0 Å². The van der Waals surface area contributed by atoms with Gasteiger partial charge >= 0.3 is 12.1 Å². The Bertz CT molecular complexity index is 771. The van der Waals surface area contributed by atoms with E-state index in [0.717, 1.165) is 51.4 Å². The Kier molecular flexibility index (Phi) is 7.79. The Morgan fingerprint density at radius 3 is 2.43 bits per heavy atom. The third-order valence-corrected chi connectivity index (χ3v) is 5.65. The van der Waals surface area contributed by atoms with E-state index in [1.165, 1.54) is 12.1 Å². The average molecular weight is 436 g/mol. The number of hydrogen-bond acceptors (Lipinski definition) is 3. The van der Waals surface area contributed by atoms with Gasteiger partial charge in [-0.1, -0.05) is 0 Å². The minimum absolute atomic E-state index is 0.0128. The smallest absolute Gasteiger partial charge is 0.475 e. The molecule has 0 aliphatic carbocycles. The number of nitrogens with zero attached hydrogens (tertiary/aromatic N) is 2. The van der Waals surface area contributed by atoms with E-state index in [0.29, 0.717) is 18.5 Å². The van der Waals surface area contributed by atoms with Gasteiger partial charge in [-0.25, -0.2) is 13.6 Å². The van der Waals surface area contributed by atoms with Gasteiger partial charge in [-0.05, 0) is 57.4 Å². The van der Waals surface area contributed by atoms with Crippen molar-refractivity contribution in [3.05, 3.63) is 35.4 Å². The van der Waals surface area contributed by atoms with E-state index in [4.69, 9.17) is 9.90 Å². The van der Waals surface area contributed by atoms with Gasteiger partial charge in [0.1, 0.15) is 11.6 Å². The maximum atomic E-state index is 13.8. The number of carboxylic acid groups (broad SMARTS) is 1. The molecule has 2 saturated heterocycles. The number of carbonyl (C=O) groups is 2. The molecule has 0 bridgehead atoms. The molecule has 1 unspecified atom stereocenters. The summed E-state index contributed by atoms with van der Waals surface area (Å²) in [6, 6.07) is 3.63. The predicted molar refractivity (Wildman–Crippen MR) is 98.5 cm³/mol. The summed E-state index contributed by atoms with van der Waals surface area (Å²) in [5.74, 6) is -3.24. The summed E-state index contributed by atoms with van der Waals surface area (Å²) in [5.41, 5.74) is 0.400. The standard InChI is InChI=1S/C18H24F2N2O.C2HF3O2/c1-2-22-17(23)6-8-18(22)7-3-10-21(11-9-18)13-14-12-15(19)4-5-16(14)20;3-2(4,5)1(6)7/h4-5,12H,2-3,6-11,13H2,1H3;(H,6,7). The molecule has 30 heavy (non-hydrogen) atoms. The maximum Gasteiger partial charge on any atom is 0.490 e. The summed E-state index contributed by atoms with van der Waals surface area (Å²) in [7, 11) is 0. The molecule has 2 aliphatic rings. The van der Waals surface area contributed by atoms with Crippen LogP contribution in [0.5, 0.6) is 0 Å². The number of aliphatic carboxylic acids is 1. The van der Waals surface area contributed by atoms with Crippen LogP contribution in [-0.4, -0.2) is 58.1 Å². The van der Waals surface area contributed by atoms with Crippen LogP contribution in [0.3, 0.4) is 0 Å². The van der Waals surface area contributed by atoms with E-state index in [1.807, 2.05) is 11.8 Å². The second-order valence-corrected chi connectivity index (χ2v) is 7.53. The molecule has 1 amide bonds. The normalized spacial score (nSPS) is 22.6. The van der Waals surface area contributed by atoms with Crippen LogP contribution in [0.2, 0.25) is 0 Å². The van der Waals surface area contributed by atoms with Crippen molar-refractivity contribution in [2.75, 3.05) is 19.6 Å². The monoisotopic (exact) mass is 436 g/mol. The maximum absolute atomic E-state index is 13.8. The number of alkyl halides is 3. The van der Waals surface area contributed by atoms with Crippen molar-refractivity contribution in [3.8, 4) is 0 Å². The summed E-state index contributed by atoms with van der Waals surface area (Å²) in [6.45, 7) is 4.91. The highest BCUT2D eigenvalue weighted by Gasteiger charge is 2.44. The zero-order chi connectivity index (χ0) is 22.5. The molecular formula is C20H25F5N2O3.